The molecule has 0 unspecified atom stereocenters. The van der Waals surface area contributed by atoms with Crippen molar-refractivity contribution in [2.75, 3.05) is 0 Å². The predicted octanol–water partition coefficient (Wildman–Crippen LogP) is 2.57. The molecule has 24 heavy (non-hydrogen) atoms. The molecule has 0 atom stereocenters. The van der Waals surface area contributed by atoms with Crippen LogP contribution >= 0.6 is 0 Å². The summed E-state index contributed by atoms with van der Waals surface area (Å²) in [6.45, 7) is 7.29. The van der Waals surface area contributed by atoms with Gasteiger partial charge in [0.05, 0.1) is 17.7 Å². The number of furan rings is 1. The van der Waals surface area contributed by atoms with Crippen molar-refractivity contribution in [3.05, 3.63) is 40.4 Å². The Kier molecular flexibility index (Phi) is 4.20. The van der Waals surface area contributed by atoms with Gasteiger partial charge in [-0.2, -0.15) is 5.10 Å². The summed E-state index contributed by atoms with van der Waals surface area (Å²) >= 11 is 0. The number of carbonyl (C=O) groups excluding carboxylic acids is 1. The molecule has 0 spiro atoms. The lowest BCUT2D eigenvalue weighted by atomic mass is 10.1. The van der Waals surface area contributed by atoms with Crippen LogP contribution in [0.3, 0.4) is 0 Å². The van der Waals surface area contributed by atoms with Crippen molar-refractivity contribution < 1.29 is 18.4 Å². The van der Waals surface area contributed by atoms with Gasteiger partial charge in [-0.1, -0.05) is 0 Å². The smallest absolute Gasteiger partial charge is 0.310 e. The number of hydrogen-bond donors (Lipinski definition) is 1. The Morgan fingerprint density at radius 2 is 2.00 bits per heavy atom. The molecule has 0 saturated carbocycles. The molecule has 0 aliphatic rings. The normalized spacial score (nSPS) is 11.0. The van der Waals surface area contributed by atoms with E-state index in [1.54, 1.807) is 0 Å². The van der Waals surface area contributed by atoms with Gasteiger partial charge in [0.25, 0.3) is 11.8 Å². The quantitative estimate of drug-likeness (QED) is 0.716. The minimum Gasteiger partial charge on any atom is -0.466 e. The lowest BCUT2D eigenvalue weighted by molar-refractivity contribution is -0.144. The fourth-order valence-electron chi connectivity index (χ4n) is 2.44. The molecule has 8 nitrogen and oxygen atoms in total. The van der Waals surface area contributed by atoms with Gasteiger partial charge in [-0.05, 0) is 33.8 Å². The van der Waals surface area contributed by atoms with E-state index in [1.807, 2.05) is 33.8 Å². The van der Waals surface area contributed by atoms with Crippen molar-refractivity contribution >= 4 is 5.97 Å². The monoisotopic (exact) mass is 330 g/mol. The Balaban J connectivity index is 1.61. The average molecular weight is 330 g/mol. The number of esters is 1. The number of rotatable bonds is 5. The SMILES string of the molecule is Cc1cc(-c2nnc(COC(=O)Cc3c(C)n[nH]c3C)o2)c(C)o1. The van der Waals surface area contributed by atoms with Crippen molar-refractivity contribution in [3.63, 3.8) is 0 Å². The van der Waals surface area contributed by atoms with Crippen molar-refractivity contribution in [1.29, 1.82) is 0 Å². The van der Waals surface area contributed by atoms with Crippen LogP contribution in [0, 0.1) is 27.7 Å². The first-order valence-corrected chi connectivity index (χ1v) is 7.50. The molecule has 126 valence electrons. The van der Waals surface area contributed by atoms with Gasteiger partial charge in [-0.25, -0.2) is 0 Å². The van der Waals surface area contributed by atoms with E-state index in [0.717, 1.165) is 28.3 Å². The number of aromatic amines is 1. The zero-order valence-electron chi connectivity index (χ0n) is 14.0. The fraction of sp³-hybridized carbons (Fsp3) is 0.375. The highest BCUT2D eigenvalue weighted by Crippen LogP contribution is 2.25. The van der Waals surface area contributed by atoms with E-state index in [-0.39, 0.29) is 24.9 Å². The summed E-state index contributed by atoms with van der Waals surface area (Å²) in [6, 6.07) is 1.82. The van der Waals surface area contributed by atoms with Crippen molar-refractivity contribution in [2.24, 2.45) is 0 Å². The maximum atomic E-state index is 12.0. The fourth-order valence-corrected chi connectivity index (χ4v) is 2.44. The van der Waals surface area contributed by atoms with E-state index >= 15 is 0 Å². The van der Waals surface area contributed by atoms with Crippen LogP contribution in [0.1, 0.15) is 34.4 Å². The Morgan fingerprint density at radius 3 is 2.62 bits per heavy atom. The van der Waals surface area contributed by atoms with Gasteiger partial charge in [0, 0.05) is 11.3 Å². The van der Waals surface area contributed by atoms with E-state index in [4.69, 9.17) is 13.6 Å². The molecule has 0 aromatic carbocycles. The summed E-state index contributed by atoms with van der Waals surface area (Å²) in [7, 11) is 0. The predicted molar refractivity (Wildman–Crippen MR) is 83.0 cm³/mol. The molecule has 3 rings (SSSR count). The Bertz CT molecular complexity index is 855. The molecule has 0 bridgehead atoms. The average Bonchev–Trinajstić information content (AvgIpc) is 3.21. The van der Waals surface area contributed by atoms with Crippen LogP contribution in [0.5, 0.6) is 0 Å². The molecule has 0 radical (unpaired) electrons. The lowest BCUT2D eigenvalue weighted by Gasteiger charge is -2.02. The number of carbonyl (C=O) groups is 1. The van der Waals surface area contributed by atoms with E-state index in [9.17, 15) is 4.79 Å². The maximum Gasteiger partial charge on any atom is 0.310 e. The van der Waals surface area contributed by atoms with Crippen LogP contribution in [0.25, 0.3) is 11.5 Å². The third-order valence-corrected chi connectivity index (χ3v) is 3.70. The largest absolute Gasteiger partial charge is 0.466 e. The van der Waals surface area contributed by atoms with E-state index in [1.165, 1.54) is 0 Å². The van der Waals surface area contributed by atoms with Gasteiger partial charge in [-0.3, -0.25) is 9.89 Å². The highest BCUT2D eigenvalue weighted by atomic mass is 16.5. The topological polar surface area (TPSA) is 107 Å². The number of nitrogens with zero attached hydrogens (tertiary/aromatic N) is 3. The van der Waals surface area contributed by atoms with Gasteiger partial charge in [0.15, 0.2) is 6.61 Å². The second kappa shape index (κ2) is 6.31. The highest BCUT2D eigenvalue weighted by molar-refractivity contribution is 5.73. The van der Waals surface area contributed by atoms with Crippen LogP contribution in [0.2, 0.25) is 0 Å². The first-order valence-electron chi connectivity index (χ1n) is 7.50. The third-order valence-electron chi connectivity index (χ3n) is 3.70. The van der Waals surface area contributed by atoms with Gasteiger partial charge in [0.2, 0.25) is 0 Å². The van der Waals surface area contributed by atoms with E-state index in [2.05, 4.69) is 20.4 Å². The van der Waals surface area contributed by atoms with Gasteiger partial charge >= 0.3 is 5.97 Å². The summed E-state index contributed by atoms with van der Waals surface area (Å²) < 4.78 is 16.2. The number of aryl methyl sites for hydroxylation is 4. The summed E-state index contributed by atoms with van der Waals surface area (Å²) in [4.78, 5) is 12.0. The molecule has 8 heteroatoms. The second-order valence-electron chi connectivity index (χ2n) is 5.58. The van der Waals surface area contributed by atoms with Crippen LogP contribution in [0.4, 0.5) is 0 Å². The molecule has 0 amide bonds. The number of H-pyrrole nitrogens is 1. The molecule has 0 aliphatic carbocycles. The second-order valence-corrected chi connectivity index (χ2v) is 5.58. The van der Waals surface area contributed by atoms with Crippen molar-refractivity contribution in [3.8, 4) is 11.5 Å². The molecule has 0 fully saturated rings. The first kappa shape index (κ1) is 16.0. The number of nitrogens with one attached hydrogen (secondary N) is 1. The van der Waals surface area contributed by atoms with Gasteiger partial charge < -0.3 is 13.6 Å². The van der Waals surface area contributed by atoms with Crippen LogP contribution in [-0.2, 0) is 22.6 Å². The number of ether oxygens (including phenoxy) is 1. The Labute approximate surface area is 138 Å². The molecule has 3 aromatic rings. The van der Waals surface area contributed by atoms with Crippen LogP contribution in [0.15, 0.2) is 14.9 Å². The Hall–Kier alpha value is -2.90. The minimum absolute atomic E-state index is 0.0718. The zero-order chi connectivity index (χ0) is 17.3. The first-order chi connectivity index (χ1) is 11.4. The van der Waals surface area contributed by atoms with E-state index < -0.39 is 0 Å². The van der Waals surface area contributed by atoms with Gasteiger partial charge in [-0.15, -0.1) is 10.2 Å². The molecule has 0 aliphatic heterocycles. The summed E-state index contributed by atoms with van der Waals surface area (Å²) in [6.07, 6.45) is 0.148. The highest BCUT2D eigenvalue weighted by Gasteiger charge is 2.17. The minimum atomic E-state index is -0.377. The molecular weight excluding hydrogens is 312 g/mol. The van der Waals surface area contributed by atoms with Crippen molar-refractivity contribution in [2.45, 2.75) is 40.7 Å². The molecule has 0 saturated heterocycles. The molecule has 3 aromatic heterocycles. The van der Waals surface area contributed by atoms with Crippen LogP contribution < -0.4 is 0 Å². The lowest BCUT2D eigenvalue weighted by Crippen LogP contribution is -2.09. The molecule has 3 heterocycles. The van der Waals surface area contributed by atoms with Crippen molar-refractivity contribution in [1.82, 2.24) is 20.4 Å². The number of aromatic nitrogens is 4. The Morgan fingerprint density at radius 1 is 1.21 bits per heavy atom. The van der Waals surface area contributed by atoms with E-state index in [0.29, 0.717) is 11.7 Å². The third kappa shape index (κ3) is 3.22. The summed E-state index contributed by atoms with van der Waals surface area (Å²) in [5, 5.41) is 14.7. The standard InChI is InChI=1S/C16H18N4O4/c1-8-5-13(11(4)23-8)16-20-19-14(24-16)7-22-15(21)6-12-9(2)17-18-10(12)3/h5H,6-7H2,1-4H3,(H,17,18). The number of hydrogen-bond acceptors (Lipinski definition) is 7. The zero-order valence-corrected chi connectivity index (χ0v) is 14.0. The van der Waals surface area contributed by atoms with Crippen LogP contribution in [-0.4, -0.2) is 26.4 Å². The summed E-state index contributed by atoms with van der Waals surface area (Å²) in [5.41, 5.74) is 3.23. The van der Waals surface area contributed by atoms with Gasteiger partial charge in [0.1, 0.15) is 11.5 Å². The maximum absolute atomic E-state index is 12.0. The summed E-state index contributed by atoms with van der Waals surface area (Å²) in [5.74, 6) is 1.66. The molecular formula is C16H18N4O4. The molecule has 1 N–H and O–H groups in total.